The van der Waals surface area contributed by atoms with Crippen LogP contribution in [0, 0.1) is 0 Å². The number of hydrogen-bond donors (Lipinski definition) is 2. The third-order valence-corrected chi connectivity index (χ3v) is 4.67. The summed E-state index contributed by atoms with van der Waals surface area (Å²) in [7, 11) is 0. The Morgan fingerprint density at radius 1 is 1.14 bits per heavy atom. The third-order valence-electron chi connectivity index (χ3n) is 4.67. The molecule has 0 aliphatic carbocycles. The number of aliphatic hydroxyl groups is 1. The van der Waals surface area contributed by atoms with Gasteiger partial charge in [0.05, 0.1) is 5.60 Å². The Morgan fingerprint density at radius 2 is 1.86 bits per heavy atom. The first-order valence-electron chi connectivity index (χ1n) is 8.00. The summed E-state index contributed by atoms with van der Waals surface area (Å²) in [4.78, 5) is 8.99. The largest absolute Gasteiger partial charge is 0.387 e. The standard InChI is InChI=1S/C16H26N4O/c21-16(4-7-18-13-16)14-20-11-9-19(10-12-20)8-3-15-1-5-17-6-2-15/h1-2,5-6,18,21H,3-4,7-14H2. The molecule has 1 atom stereocenters. The molecule has 2 aliphatic rings. The average molecular weight is 290 g/mol. The molecule has 2 N–H and O–H groups in total. The van der Waals surface area contributed by atoms with Gasteiger partial charge in [-0.1, -0.05) is 0 Å². The van der Waals surface area contributed by atoms with Gasteiger partial charge in [0.2, 0.25) is 0 Å². The Bertz CT molecular complexity index is 425. The van der Waals surface area contributed by atoms with Gasteiger partial charge in [0.15, 0.2) is 0 Å². The molecule has 116 valence electrons. The van der Waals surface area contributed by atoms with Gasteiger partial charge in [0.1, 0.15) is 0 Å². The summed E-state index contributed by atoms with van der Waals surface area (Å²) in [6.45, 7) is 7.97. The second-order valence-electron chi connectivity index (χ2n) is 6.37. The summed E-state index contributed by atoms with van der Waals surface area (Å²) >= 11 is 0. The normalized spacial score (nSPS) is 28.0. The number of pyridine rings is 1. The molecule has 0 spiro atoms. The molecule has 3 heterocycles. The molecule has 21 heavy (non-hydrogen) atoms. The molecule has 2 saturated heterocycles. The number of hydrogen-bond acceptors (Lipinski definition) is 5. The van der Waals surface area contributed by atoms with Gasteiger partial charge in [-0.25, -0.2) is 0 Å². The maximum absolute atomic E-state index is 10.4. The molecule has 5 nitrogen and oxygen atoms in total. The summed E-state index contributed by atoms with van der Waals surface area (Å²) in [6.07, 6.45) is 5.71. The second-order valence-corrected chi connectivity index (χ2v) is 6.37. The molecule has 2 fully saturated rings. The highest BCUT2D eigenvalue weighted by atomic mass is 16.3. The van der Waals surface area contributed by atoms with Gasteiger partial charge >= 0.3 is 0 Å². The van der Waals surface area contributed by atoms with Crippen LogP contribution in [0.2, 0.25) is 0 Å². The Morgan fingerprint density at radius 3 is 2.52 bits per heavy atom. The lowest BCUT2D eigenvalue weighted by molar-refractivity contribution is 0.00535. The Labute approximate surface area is 127 Å². The summed E-state index contributed by atoms with van der Waals surface area (Å²) in [5, 5.41) is 13.7. The summed E-state index contributed by atoms with van der Waals surface area (Å²) in [5.41, 5.74) is 0.859. The highest BCUT2D eigenvalue weighted by Crippen LogP contribution is 2.17. The van der Waals surface area contributed by atoms with Crippen molar-refractivity contribution in [3.05, 3.63) is 30.1 Å². The van der Waals surface area contributed by atoms with E-state index in [-0.39, 0.29) is 0 Å². The van der Waals surface area contributed by atoms with E-state index in [1.165, 1.54) is 5.56 Å². The van der Waals surface area contributed by atoms with Crippen molar-refractivity contribution in [2.75, 3.05) is 52.4 Å². The molecular weight excluding hydrogens is 264 g/mol. The minimum atomic E-state index is -0.501. The number of nitrogens with one attached hydrogen (secondary N) is 1. The van der Waals surface area contributed by atoms with Crippen LogP contribution < -0.4 is 5.32 Å². The number of aromatic nitrogens is 1. The van der Waals surface area contributed by atoms with Gasteiger partial charge in [-0.15, -0.1) is 0 Å². The van der Waals surface area contributed by atoms with Crippen molar-refractivity contribution in [2.45, 2.75) is 18.4 Å². The van der Waals surface area contributed by atoms with Crippen LogP contribution in [-0.4, -0.2) is 77.8 Å². The summed E-state index contributed by atoms with van der Waals surface area (Å²) < 4.78 is 0. The molecule has 0 amide bonds. The topological polar surface area (TPSA) is 51.6 Å². The van der Waals surface area contributed by atoms with Crippen LogP contribution in [0.4, 0.5) is 0 Å². The Kier molecular flexibility index (Phi) is 4.85. The van der Waals surface area contributed by atoms with E-state index in [2.05, 4.69) is 32.2 Å². The molecular formula is C16H26N4O. The minimum absolute atomic E-state index is 0.501. The zero-order valence-corrected chi connectivity index (χ0v) is 12.7. The first-order valence-corrected chi connectivity index (χ1v) is 8.00. The van der Waals surface area contributed by atoms with Gasteiger partial charge in [-0.2, -0.15) is 0 Å². The average Bonchev–Trinajstić information content (AvgIpc) is 2.94. The second kappa shape index (κ2) is 6.83. The minimum Gasteiger partial charge on any atom is -0.387 e. The van der Waals surface area contributed by atoms with Crippen molar-refractivity contribution < 1.29 is 5.11 Å². The fourth-order valence-corrected chi connectivity index (χ4v) is 3.29. The van der Waals surface area contributed by atoms with E-state index in [9.17, 15) is 5.11 Å². The first-order chi connectivity index (χ1) is 10.2. The quantitative estimate of drug-likeness (QED) is 0.797. The molecule has 0 bridgehead atoms. The lowest BCUT2D eigenvalue weighted by Crippen LogP contribution is -2.52. The van der Waals surface area contributed by atoms with E-state index in [0.717, 1.165) is 65.2 Å². The molecule has 5 heteroatoms. The SMILES string of the molecule is OC1(CN2CCN(CCc3ccncc3)CC2)CCNC1. The van der Waals surface area contributed by atoms with Crippen molar-refractivity contribution in [1.82, 2.24) is 20.1 Å². The summed E-state index contributed by atoms with van der Waals surface area (Å²) in [5.74, 6) is 0. The number of rotatable bonds is 5. The fraction of sp³-hybridized carbons (Fsp3) is 0.688. The number of piperazine rings is 1. The molecule has 1 unspecified atom stereocenters. The van der Waals surface area contributed by atoms with Crippen LogP contribution in [0.3, 0.4) is 0 Å². The maximum Gasteiger partial charge on any atom is 0.0909 e. The smallest absolute Gasteiger partial charge is 0.0909 e. The summed E-state index contributed by atoms with van der Waals surface area (Å²) in [6, 6.07) is 4.19. The van der Waals surface area contributed by atoms with Crippen LogP contribution in [-0.2, 0) is 6.42 Å². The predicted molar refractivity (Wildman–Crippen MR) is 83.3 cm³/mol. The van der Waals surface area contributed by atoms with Crippen molar-refractivity contribution in [1.29, 1.82) is 0 Å². The number of β-amino-alcohol motifs (C(OH)–C–C–N with tert-alkyl or cyclic N) is 1. The van der Waals surface area contributed by atoms with Gasteiger partial charge in [-0.3, -0.25) is 9.88 Å². The van der Waals surface area contributed by atoms with E-state index in [0.29, 0.717) is 0 Å². The predicted octanol–water partition coefficient (Wildman–Crippen LogP) is -0.0339. The maximum atomic E-state index is 10.4. The highest BCUT2D eigenvalue weighted by Gasteiger charge is 2.33. The molecule has 1 aromatic heterocycles. The molecule has 3 rings (SSSR count). The van der Waals surface area contributed by atoms with Crippen LogP contribution in [0.1, 0.15) is 12.0 Å². The molecule has 0 aromatic carbocycles. The van der Waals surface area contributed by atoms with E-state index >= 15 is 0 Å². The lowest BCUT2D eigenvalue weighted by atomic mass is 10.0. The highest BCUT2D eigenvalue weighted by molar-refractivity contribution is 5.09. The van der Waals surface area contributed by atoms with Gasteiger partial charge < -0.3 is 15.3 Å². The molecule has 0 saturated carbocycles. The van der Waals surface area contributed by atoms with Gasteiger partial charge in [0, 0.05) is 58.2 Å². The van der Waals surface area contributed by atoms with E-state index in [1.54, 1.807) is 0 Å². The first kappa shape index (κ1) is 14.9. The van der Waals surface area contributed by atoms with E-state index in [4.69, 9.17) is 0 Å². The van der Waals surface area contributed by atoms with Crippen molar-refractivity contribution in [3.8, 4) is 0 Å². The van der Waals surface area contributed by atoms with E-state index in [1.807, 2.05) is 12.4 Å². The fourth-order valence-electron chi connectivity index (χ4n) is 3.29. The van der Waals surface area contributed by atoms with Crippen molar-refractivity contribution in [2.24, 2.45) is 0 Å². The van der Waals surface area contributed by atoms with Gasteiger partial charge in [-0.05, 0) is 37.1 Å². The Hall–Kier alpha value is -1.01. The zero-order valence-electron chi connectivity index (χ0n) is 12.7. The van der Waals surface area contributed by atoms with Crippen LogP contribution >= 0.6 is 0 Å². The molecule has 0 radical (unpaired) electrons. The zero-order chi connectivity index (χ0) is 14.5. The monoisotopic (exact) mass is 290 g/mol. The Balaban J connectivity index is 1.39. The van der Waals surface area contributed by atoms with E-state index < -0.39 is 5.60 Å². The van der Waals surface area contributed by atoms with Crippen LogP contribution in [0.5, 0.6) is 0 Å². The molecule has 1 aromatic rings. The number of nitrogens with zero attached hydrogens (tertiary/aromatic N) is 3. The van der Waals surface area contributed by atoms with Crippen molar-refractivity contribution in [3.63, 3.8) is 0 Å². The van der Waals surface area contributed by atoms with Crippen LogP contribution in [0.15, 0.2) is 24.5 Å². The van der Waals surface area contributed by atoms with Gasteiger partial charge in [0.25, 0.3) is 0 Å². The third kappa shape index (κ3) is 4.23. The lowest BCUT2D eigenvalue weighted by Gasteiger charge is -2.38. The van der Waals surface area contributed by atoms with Crippen LogP contribution in [0.25, 0.3) is 0 Å². The van der Waals surface area contributed by atoms with Crippen molar-refractivity contribution >= 4 is 0 Å². The molecule has 2 aliphatic heterocycles.